The van der Waals surface area contributed by atoms with Gasteiger partial charge in [0.05, 0.1) is 11.4 Å². The molecule has 1 fully saturated rings. The van der Waals surface area contributed by atoms with Crippen LogP contribution in [0.4, 0.5) is 29.5 Å². The summed E-state index contributed by atoms with van der Waals surface area (Å²) in [5, 5.41) is 9.47. The van der Waals surface area contributed by atoms with E-state index in [1.165, 1.54) is 10.7 Å². The largest absolute Gasteiger partial charge is 0.400 e. The molecule has 5 nitrogen and oxygen atoms in total. The minimum atomic E-state index is -4.39. The predicted octanol–water partition coefficient (Wildman–Crippen LogP) is 5.87. The highest BCUT2D eigenvalue weighted by Crippen LogP contribution is 2.58. The maximum absolute atomic E-state index is 13.6. The highest BCUT2D eigenvalue weighted by Gasteiger charge is 2.65. The van der Waals surface area contributed by atoms with Gasteiger partial charge in [-0.3, -0.25) is 5.32 Å². The third-order valence-electron chi connectivity index (χ3n) is 4.84. The molecule has 0 unspecified atom stereocenters. The van der Waals surface area contributed by atoms with Gasteiger partial charge in [0.15, 0.2) is 0 Å². The van der Waals surface area contributed by atoms with Crippen molar-refractivity contribution in [3.63, 3.8) is 0 Å². The molecule has 1 heterocycles. The number of amides is 2. The molecule has 1 aromatic heterocycles. The van der Waals surface area contributed by atoms with Crippen LogP contribution in [0.15, 0.2) is 65.1 Å². The van der Waals surface area contributed by atoms with Crippen LogP contribution in [0.25, 0.3) is 5.69 Å². The minimum absolute atomic E-state index is 0.00711. The SMILES string of the molecule is O=C(Nc1ccc(Br)cc1)Nc1cc(C2(C(F)(F)F)CC2)nn1-c1ccccc1. The molecule has 0 saturated heterocycles. The minimum Gasteiger partial charge on any atom is -0.308 e. The first-order valence-electron chi connectivity index (χ1n) is 8.85. The summed E-state index contributed by atoms with van der Waals surface area (Å²) in [6, 6.07) is 16.4. The van der Waals surface area contributed by atoms with Crippen LogP contribution in [0.1, 0.15) is 18.5 Å². The van der Waals surface area contributed by atoms with Gasteiger partial charge < -0.3 is 5.32 Å². The van der Waals surface area contributed by atoms with Crippen molar-refractivity contribution in [1.29, 1.82) is 0 Å². The smallest absolute Gasteiger partial charge is 0.308 e. The van der Waals surface area contributed by atoms with Crippen LogP contribution in [0.2, 0.25) is 0 Å². The number of alkyl halides is 3. The molecule has 1 saturated carbocycles. The fourth-order valence-corrected chi connectivity index (χ4v) is 3.36. The summed E-state index contributed by atoms with van der Waals surface area (Å²) in [6.45, 7) is 0. The number of nitrogens with one attached hydrogen (secondary N) is 2. The molecule has 4 rings (SSSR count). The number of anilines is 2. The van der Waals surface area contributed by atoms with Crippen molar-refractivity contribution in [2.75, 3.05) is 10.6 Å². The van der Waals surface area contributed by atoms with Crippen molar-refractivity contribution in [3.8, 4) is 5.69 Å². The second-order valence-corrected chi connectivity index (χ2v) is 7.74. The topological polar surface area (TPSA) is 59.0 Å². The zero-order chi connectivity index (χ0) is 20.6. The first kappa shape index (κ1) is 19.5. The van der Waals surface area contributed by atoms with Gasteiger partial charge in [-0.1, -0.05) is 34.1 Å². The quantitative estimate of drug-likeness (QED) is 0.506. The number of hydrogen-bond donors (Lipinski definition) is 2. The standard InChI is InChI=1S/C20H16BrF3N4O/c21-13-6-8-14(9-7-13)25-18(29)26-17-12-16(19(10-11-19)20(22,23)24)27-28(17)15-4-2-1-3-5-15/h1-9,12H,10-11H2,(H2,25,26,29). The van der Waals surface area contributed by atoms with Crippen LogP contribution < -0.4 is 10.6 Å². The summed E-state index contributed by atoms with van der Waals surface area (Å²) in [7, 11) is 0. The number of carbonyl (C=O) groups excluding carboxylic acids is 1. The predicted molar refractivity (Wildman–Crippen MR) is 107 cm³/mol. The van der Waals surface area contributed by atoms with Crippen molar-refractivity contribution < 1.29 is 18.0 Å². The number of halogens is 4. The maximum atomic E-state index is 13.6. The molecule has 0 atom stereocenters. The van der Waals surface area contributed by atoms with Gasteiger partial charge in [-0.15, -0.1) is 0 Å². The van der Waals surface area contributed by atoms with Crippen LogP contribution in [0, 0.1) is 0 Å². The zero-order valence-electron chi connectivity index (χ0n) is 15.0. The number of hydrogen-bond acceptors (Lipinski definition) is 2. The Hall–Kier alpha value is -2.81. The number of benzene rings is 2. The van der Waals surface area contributed by atoms with E-state index in [-0.39, 0.29) is 24.4 Å². The summed E-state index contributed by atoms with van der Waals surface area (Å²) >= 11 is 3.31. The van der Waals surface area contributed by atoms with Gasteiger partial charge in [0.25, 0.3) is 0 Å². The Bertz CT molecular complexity index is 1030. The van der Waals surface area contributed by atoms with E-state index in [1.807, 2.05) is 0 Å². The van der Waals surface area contributed by atoms with E-state index >= 15 is 0 Å². The summed E-state index contributed by atoms with van der Waals surface area (Å²) < 4.78 is 42.8. The van der Waals surface area contributed by atoms with Crippen molar-refractivity contribution >= 4 is 33.5 Å². The molecule has 2 aromatic carbocycles. The first-order chi connectivity index (χ1) is 13.8. The molecule has 0 aliphatic heterocycles. The van der Waals surface area contributed by atoms with Crippen molar-refractivity contribution in [2.45, 2.75) is 24.4 Å². The molecule has 0 spiro atoms. The van der Waals surface area contributed by atoms with Gasteiger partial charge in [-0.05, 0) is 49.2 Å². The number of rotatable bonds is 4. The summed E-state index contributed by atoms with van der Waals surface area (Å²) in [4.78, 5) is 12.4. The summed E-state index contributed by atoms with van der Waals surface area (Å²) in [5.74, 6) is 0.163. The number of urea groups is 1. The van der Waals surface area contributed by atoms with E-state index in [9.17, 15) is 18.0 Å². The maximum Gasteiger partial charge on any atom is 0.400 e. The van der Waals surface area contributed by atoms with Crippen LogP contribution in [0.3, 0.4) is 0 Å². The number of aromatic nitrogens is 2. The molecule has 1 aliphatic rings. The first-order valence-corrected chi connectivity index (χ1v) is 9.64. The Morgan fingerprint density at radius 2 is 1.69 bits per heavy atom. The van der Waals surface area contributed by atoms with E-state index in [1.54, 1.807) is 54.6 Å². The molecule has 0 radical (unpaired) electrons. The average molecular weight is 465 g/mol. The normalized spacial score (nSPS) is 15.0. The van der Waals surface area contributed by atoms with Crippen molar-refractivity contribution in [2.24, 2.45) is 0 Å². The van der Waals surface area contributed by atoms with Gasteiger partial charge in [-0.25, -0.2) is 9.48 Å². The molecular formula is C20H16BrF3N4O. The molecule has 0 bridgehead atoms. The lowest BCUT2D eigenvalue weighted by atomic mass is 10.0. The summed E-state index contributed by atoms with van der Waals surface area (Å²) in [5.41, 5.74) is -0.930. The van der Waals surface area contributed by atoms with Gasteiger partial charge in [-0.2, -0.15) is 18.3 Å². The van der Waals surface area contributed by atoms with Crippen molar-refractivity contribution in [1.82, 2.24) is 9.78 Å². The van der Waals surface area contributed by atoms with E-state index in [0.717, 1.165) is 4.47 Å². The Kier molecular flexibility index (Phi) is 4.85. The molecule has 1 aliphatic carbocycles. The van der Waals surface area contributed by atoms with E-state index < -0.39 is 17.6 Å². The second kappa shape index (κ2) is 7.22. The number of nitrogens with zero attached hydrogens (tertiary/aromatic N) is 2. The van der Waals surface area contributed by atoms with Crippen LogP contribution >= 0.6 is 15.9 Å². The fourth-order valence-electron chi connectivity index (χ4n) is 3.09. The van der Waals surface area contributed by atoms with Crippen LogP contribution in [-0.2, 0) is 5.41 Å². The average Bonchev–Trinajstić information content (AvgIpc) is 3.41. The molecular weight excluding hydrogens is 449 g/mol. The highest BCUT2D eigenvalue weighted by molar-refractivity contribution is 9.10. The Morgan fingerprint density at radius 3 is 2.28 bits per heavy atom. The van der Waals surface area contributed by atoms with Gasteiger partial charge in [0.2, 0.25) is 0 Å². The van der Waals surface area contributed by atoms with Crippen LogP contribution in [-0.4, -0.2) is 22.0 Å². The lowest BCUT2D eigenvalue weighted by Crippen LogP contribution is -2.29. The third kappa shape index (κ3) is 3.87. The molecule has 150 valence electrons. The van der Waals surface area contributed by atoms with Crippen molar-refractivity contribution in [3.05, 3.63) is 70.8 Å². The zero-order valence-corrected chi connectivity index (χ0v) is 16.6. The van der Waals surface area contributed by atoms with E-state index in [2.05, 4.69) is 31.7 Å². The monoisotopic (exact) mass is 464 g/mol. The lowest BCUT2D eigenvalue weighted by Gasteiger charge is -2.16. The number of carbonyl (C=O) groups is 1. The van der Waals surface area contributed by atoms with Gasteiger partial charge in [0.1, 0.15) is 11.2 Å². The van der Waals surface area contributed by atoms with Gasteiger partial charge in [0, 0.05) is 16.2 Å². The van der Waals surface area contributed by atoms with E-state index in [0.29, 0.717) is 11.4 Å². The molecule has 9 heteroatoms. The molecule has 2 N–H and O–H groups in total. The Morgan fingerprint density at radius 1 is 1.03 bits per heavy atom. The Balaban J connectivity index is 1.64. The van der Waals surface area contributed by atoms with Gasteiger partial charge >= 0.3 is 12.2 Å². The summed E-state index contributed by atoms with van der Waals surface area (Å²) in [6.07, 6.45) is -4.40. The fraction of sp³-hybridized carbons (Fsp3) is 0.200. The highest BCUT2D eigenvalue weighted by atomic mass is 79.9. The molecule has 2 amide bonds. The second-order valence-electron chi connectivity index (χ2n) is 6.83. The van der Waals surface area contributed by atoms with E-state index in [4.69, 9.17) is 0 Å². The van der Waals surface area contributed by atoms with Crippen LogP contribution in [0.5, 0.6) is 0 Å². The molecule has 3 aromatic rings. The Labute approximate surface area is 173 Å². The number of para-hydroxylation sites is 1. The lowest BCUT2D eigenvalue weighted by molar-refractivity contribution is -0.161. The molecule has 29 heavy (non-hydrogen) atoms. The third-order valence-corrected chi connectivity index (χ3v) is 5.37.